The maximum absolute atomic E-state index is 12.1. The topological polar surface area (TPSA) is 150 Å². The van der Waals surface area contributed by atoms with Gasteiger partial charge >= 0.3 is 5.97 Å². The number of H-pyrrole nitrogens is 1. The number of ether oxygens (including phenoxy) is 1. The monoisotopic (exact) mass is 379 g/mol. The number of imidazole rings is 1. The minimum absolute atomic E-state index is 0.0972. The zero-order chi connectivity index (χ0) is 19.7. The lowest BCUT2D eigenvalue weighted by atomic mass is 10.3. The fourth-order valence-corrected chi connectivity index (χ4v) is 2.76. The lowest BCUT2D eigenvalue weighted by Crippen LogP contribution is -2.11. The Hall–Kier alpha value is -4.02. The largest absolute Gasteiger partial charge is 0.462 e. The number of rotatable bonds is 5. The summed E-state index contributed by atoms with van der Waals surface area (Å²) in [5, 5.41) is 9.74. The number of hydrogen-bond donors (Lipinski definition) is 3. The molecular formula is C17H17N9O2. The van der Waals surface area contributed by atoms with Gasteiger partial charge in [0.1, 0.15) is 17.2 Å². The first-order valence-corrected chi connectivity index (χ1v) is 8.50. The summed E-state index contributed by atoms with van der Waals surface area (Å²) in [5.41, 5.74) is 7.52. The van der Waals surface area contributed by atoms with Gasteiger partial charge in [-0.05, 0) is 26.0 Å². The van der Waals surface area contributed by atoms with Crippen LogP contribution in [-0.4, -0.2) is 47.3 Å². The number of esters is 1. The molecule has 0 saturated carbocycles. The van der Waals surface area contributed by atoms with Crippen LogP contribution in [0.3, 0.4) is 0 Å². The van der Waals surface area contributed by atoms with Crippen LogP contribution in [0.2, 0.25) is 0 Å². The molecule has 0 amide bonds. The van der Waals surface area contributed by atoms with Crippen LogP contribution in [0.4, 0.5) is 17.7 Å². The molecule has 1 aromatic carbocycles. The molecule has 0 atom stereocenters. The fourth-order valence-electron chi connectivity index (χ4n) is 2.76. The fraction of sp³-hybridized carbons (Fsp3) is 0.176. The standard InChI is InChI=1S/C17H17N9O2/c1-3-28-14(27)10-8-19-25-13(10)23-17-22-11-6-4-5-7-12(11)26(17)16-21-9(2)20-15(18)24-16/h4-8H,3H2,1-2H3,(H2,18,20,21,24)(H2,19,22,23,25). The minimum atomic E-state index is -0.498. The Bertz CT molecular complexity index is 1140. The van der Waals surface area contributed by atoms with E-state index in [1.54, 1.807) is 18.4 Å². The summed E-state index contributed by atoms with van der Waals surface area (Å²) in [4.78, 5) is 29.3. The second-order valence-corrected chi connectivity index (χ2v) is 5.80. The SMILES string of the molecule is CCOC(=O)c1cn[nH]c1Nc1nc2ccccc2n1-c1nc(C)nc(N)n1. The van der Waals surface area contributed by atoms with Crippen molar-refractivity contribution in [1.82, 2.24) is 34.7 Å². The molecular weight excluding hydrogens is 362 g/mol. The number of para-hydroxylation sites is 2. The van der Waals surface area contributed by atoms with Gasteiger partial charge < -0.3 is 15.8 Å². The molecule has 0 spiro atoms. The van der Waals surface area contributed by atoms with Crippen LogP contribution in [0.15, 0.2) is 30.5 Å². The normalized spacial score (nSPS) is 10.9. The van der Waals surface area contributed by atoms with E-state index in [-0.39, 0.29) is 18.1 Å². The van der Waals surface area contributed by atoms with Crippen LogP contribution in [0, 0.1) is 6.92 Å². The first kappa shape index (κ1) is 17.4. The number of aromatic nitrogens is 7. The molecule has 0 saturated heterocycles. The molecule has 0 unspecified atom stereocenters. The first-order chi connectivity index (χ1) is 13.6. The molecule has 0 bridgehead atoms. The van der Waals surface area contributed by atoms with E-state index in [1.807, 2.05) is 24.3 Å². The smallest absolute Gasteiger partial charge is 0.343 e. The zero-order valence-electron chi connectivity index (χ0n) is 15.2. The Kier molecular flexibility index (Phi) is 4.32. The van der Waals surface area contributed by atoms with E-state index in [4.69, 9.17) is 10.5 Å². The molecule has 4 rings (SSSR count). The van der Waals surface area contributed by atoms with Crippen molar-refractivity contribution in [3.8, 4) is 5.95 Å². The molecule has 4 aromatic rings. The van der Waals surface area contributed by atoms with Crippen LogP contribution in [0.1, 0.15) is 23.1 Å². The number of nitrogens with zero attached hydrogens (tertiary/aromatic N) is 6. The molecule has 28 heavy (non-hydrogen) atoms. The van der Waals surface area contributed by atoms with Gasteiger partial charge in [0.15, 0.2) is 0 Å². The van der Waals surface area contributed by atoms with E-state index in [0.717, 1.165) is 5.52 Å². The van der Waals surface area contributed by atoms with Crippen LogP contribution in [-0.2, 0) is 4.74 Å². The van der Waals surface area contributed by atoms with Gasteiger partial charge in [0, 0.05) is 0 Å². The van der Waals surface area contributed by atoms with Gasteiger partial charge in [-0.3, -0.25) is 5.10 Å². The van der Waals surface area contributed by atoms with E-state index >= 15 is 0 Å². The third-order valence-electron chi connectivity index (χ3n) is 3.88. The molecule has 0 radical (unpaired) electrons. The van der Waals surface area contributed by atoms with Gasteiger partial charge in [0.2, 0.25) is 17.8 Å². The molecule has 0 aliphatic rings. The van der Waals surface area contributed by atoms with Crippen molar-refractivity contribution in [3.05, 3.63) is 41.9 Å². The summed E-state index contributed by atoms with van der Waals surface area (Å²) < 4.78 is 6.74. The van der Waals surface area contributed by atoms with Gasteiger partial charge in [0.05, 0.1) is 23.8 Å². The second kappa shape index (κ2) is 6.95. The number of nitrogens with two attached hydrogens (primary N) is 1. The molecule has 0 aliphatic carbocycles. The van der Waals surface area contributed by atoms with Gasteiger partial charge in [-0.1, -0.05) is 12.1 Å². The number of fused-ring (bicyclic) bond motifs is 1. The maximum Gasteiger partial charge on any atom is 0.343 e. The van der Waals surface area contributed by atoms with Crippen LogP contribution >= 0.6 is 0 Å². The van der Waals surface area contributed by atoms with Crippen molar-refractivity contribution in [2.24, 2.45) is 0 Å². The average Bonchev–Trinajstić information content (AvgIpc) is 3.25. The third kappa shape index (κ3) is 3.09. The number of hydrogen-bond acceptors (Lipinski definition) is 9. The van der Waals surface area contributed by atoms with Crippen LogP contribution < -0.4 is 11.1 Å². The average molecular weight is 379 g/mol. The van der Waals surface area contributed by atoms with Crippen LogP contribution in [0.25, 0.3) is 17.0 Å². The highest BCUT2D eigenvalue weighted by atomic mass is 16.5. The lowest BCUT2D eigenvalue weighted by molar-refractivity contribution is 0.0527. The van der Waals surface area contributed by atoms with E-state index in [0.29, 0.717) is 29.1 Å². The Morgan fingerprint density at radius 2 is 2.07 bits per heavy atom. The predicted molar refractivity (Wildman–Crippen MR) is 101 cm³/mol. The highest BCUT2D eigenvalue weighted by Crippen LogP contribution is 2.26. The summed E-state index contributed by atoms with van der Waals surface area (Å²) in [5.74, 6) is 1.09. The van der Waals surface area contributed by atoms with Crippen molar-refractivity contribution in [2.75, 3.05) is 17.7 Å². The molecule has 3 heterocycles. The quantitative estimate of drug-likeness (QED) is 0.441. The Labute approximate surface area is 159 Å². The van der Waals surface area contributed by atoms with Gasteiger partial charge in [-0.2, -0.15) is 20.1 Å². The van der Waals surface area contributed by atoms with Crippen molar-refractivity contribution < 1.29 is 9.53 Å². The molecule has 11 heteroatoms. The van der Waals surface area contributed by atoms with E-state index in [2.05, 4.69) is 35.5 Å². The van der Waals surface area contributed by atoms with Gasteiger partial charge in [-0.15, -0.1) is 0 Å². The second-order valence-electron chi connectivity index (χ2n) is 5.80. The Balaban J connectivity index is 1.85. The molecule has 142 valence electrons. The minimum Gasteiger partial charge on any atom is -0.462 e. The number of anilines is 3. The predicted octanol–water partition coefficient (Wildman–Crippen LogP) is 1.74. The zero-order valence-corrected chi connectivity index (χ0v) is 15.2. The molecule has 11 nitrogen and oxygen atoms in total. The van der Waals surface area contributed by atoms with E-state index < -0.39 is 5.97 Å². The number of nitrogen functional groups attached to an aromatic ring is 1. The highest BCUT2D eigenvalue weighted by Gasteiger charge is 2.20. The Morgan fingerprint density at radius 1 is 1.25 bits per heavy atom. The number of carbonyl (C=O) groups is 1. The summed E-state index contributed by atoms with van der Waals surface area (Å²) in [6.07, 6.45) is 1.39. The van der Waals surface area contributed by atoms with Gasteiger partial charge in [-0.25, -0.2) is 14.3 Å². The molecule has 3 aromatic heterocycles. The van der Waals surface area contributed by atoms with Crippen molar-refractivity contribution in [3.63, 3.8) is 0 Å². The highest BCUT2D eigenvalue weighted by molar-refractivity contribution is 5.95. The van der Waals surface area contributed by atoms with Crippen molar-refractivity contribution >= 4 is 34.7 Å². The summed E-state index contributed by atoms with van der Waals surface area (Å²) in [6.45, 7) is 3.71. The number of carbonyl (C=O) groups excluding carboxylic acids is 1. The van der Waals surface area contributed by atoms with Crippen molar-refractivity contribution in [1.29, 1.82) is 0 Å². The Morgan fingerprint density at radius 3 is 2.86 bits per heavy atom. The summed E-state index contributed by atoms with van der Waals surface area (Å²) >= 11 is 0. The number of nitrogens with one attached hydrogen (secondary N) is 2. The van der Waals surface area contributed by atoms with Crippen LogP contribution in [0.5, 0.6) is 0 Å². The number of aryl methyl sites for hydroxylation is 1. The molecule has 0 aliphatic heterocycles. The number of aromatic amines is 1. The summed E-state index contributed by atoms with van der Waals surface area (Å²) in [7, 11) is 0. The lowest BCUT2D eigenvalue weighted by Gasteiger charge is -2.10. The van der Waals surface area contributed by atoms with E-state index in [9.17, 15) is 4.79 Å². The van der Waals surface area contributed by atoms with Crippen molar-refractivity contribution in [2.45, 2.75) is 13.8 Å². The summed E-state index contributed by atoms with van der Waals surface area (Å²) in [6, 6.07) is 7.48. The number of benzene rings is 1. The maximum atomic E-state index is 12.1. The molecule has 0 fully saturated rings. The molecule has 4 N–H and O–H groups in total. The van der Waals surface area contributed by atoms with Gasteiger partial charge in [0.25, 0.3) is 0 Å². The first-order valence-electron chi connectivity index (χ1n) is 8.50. The van der Waals surface area contributed by atoms with E-state index in [1.165, 1.54) is 6.20 Å². The third-order valence-corrected chi connectivity index (χ3v) is 3.88.